The Bertz CT molecular complexity index is 637. The van der Waals surface area contributed by atoms with Crippen molar-refractivity contribution >= 4 is 11.8 Å². The molecular weight excluding hydrogens is 334 g/mol. The van der Waals surface area contributed by atoms with Gasteiger partial charge in [-0.3, -0.25) is 9.59 Å². The van der Waals surface area contributed by atoms with Crippen LogP contribution in [0, 0.1) is 18.8 Å². The molecule has 2 aliphatic rings. The fraction of sp³-hybridized carbons (Fsp3) is 0.778. The molecule has 8 heteroatoms. The summed E-state index contributed by atoms with van der Waals surface area (Å²) in [4.78, 5) is 35.0. The van der Waals surface area contributed by atoms with Crippen LogP contribution in [0.2, 0.25) is 0 Å². The third-order valence-electron chi connectivity index (χ3n) is 5.35. The number of rotatable bonds is 6. The third-order valence-corrected chi connectivity index (χ3v) is 5.35. The summed E-state index contributed by atoms with van der Waals surface area (Å²) in [6, 6.07) is 0. The highest BCUT2D eigenvalue weighted by molar-refractivity contribution is 5.89. The SMILES string of the molecule is Cc1nc(CC2CCN(C(=O)[C@H]3CC(=O)N(CCN(C)C)C3)CC2)no1. The number of piperidine rings is 1. The van der Waals surface area contributed by atoms with Gasteiger partial charge in [-0.2, -0.15) is 4.98 Å². The highest BCUT2D eigenvalue weighted by Crippen LogP contribution is 2.25. The molecule has 144 valence electrons. The molecule has 1 aromatic heterocycles. The lowest BCUT2D eigenvalue weighted by Crippen LogP contribution is -2.43. The van der Waals surface area contributed by atoms with Crippen LogP contribution in [0.15, 0.2) is 4.52 Å². The van der Waals surface area contributed by atoms with Gasteiger partial charge in [0.1, 0.15) is 0 Å². The molecule has 0 unspecified atom stereocenters. The van der Waals surface area contributed by atoms with Crippen molar-refractivity contribution < 1.29 is 14.1 Å². The van der Waals surface area contributed by atoms with Crippen molar-refractivity contribution in [2.75, 3.05) is 46.8 Å². The summed E-state index contributed by atoms with van der Waals surface area (Å²) in [6.45, 7) is 5.39. The van der Waals surface area contributed by atoms with Gasteiger partial charge < -0.3 is 19.2 Å². The molecule has 1 aromatic rings. The first-order valence-electron chi connectivity index (χ1n) is 9.43. The zero-order chi connectivity index (χ0) is 18.7. The van der Waals surface area contributed by atoms with E-state index in [9.17, 15) is 9.59 Å². The fourth-order valence-corrected chi connectivity index (χ4v) is 3.77. The van der Waals surface area contributed by atoms with Gasteiger partial charge in [-0.15, -0.1) is 0 Å². The number of amides is 2. The lowest BCUT2D eigenvalue weighted by atomic mass is 9.92. The van der Waals surface area contributed by atoms with Gasteiger partial charge >= 0.3 is 0 Å². The second-order valence-corrected chi connectivity index (χ2v) is 7.75. The Morgan fingerprint density at radius 2 is 2.04 bits per heavy atom. The molecule has 2 aliphatic heterocycles. The minimum absolute atomic E-state index is 0.104. The molecule has 0 saturated carbocycles. The Balaban J connectivity index is 1.45. The standard InChI is InChI=1S/C18H29N5O3/c1-13-19-16(20-26-13)10-14-4-6-22(7-5-14)18(25)15-11-17(24)23(12-15)9-8-21(2)3/h14-15H,4-12H2,1-3H3/t15-/m0/s1. The lowest BCUT2D eigenvalue weighted by Gasteiger charge is -2.33. The average Bonchev–Trinajstić information content (AvgIpc) is 3.18. The molecule has 0 N–H and O–H groups in total. The summed E-state index contributed by atoms with van der Waals surface area (Å²) in [5, 5.41) is 3.96. The number of aromatic nitrogens is 2. The minimum atomic E-state index is -0.180. The summed E-state index contributed by atoms with van der Waals surface area (Å²) in [6.07, 6.45) is 3.06. The van der Waals surface area contributed by atoms with Gasteiger partial charge in [0.05, 0.1) is 5.92 Å². The highest BCUT2D eigenvalue weighted by atomic mass is 16.5. The maximum atomic E-state index is 12.8. The van der Waals surface area contributed by atoms with Crippen molar-refractivity contribution in [3.05, 3.63) is 11.7 Å². The smallest absolute Gasteiger partial charge is 0.227 e. The van der Waals surface area contributed by atoms with Crippen molar-refractivity contribution in [1.82, 2.24) is 24.8 Å². The van der Waals surface area contributed by atoms with E-state index in [0.717, 1.165) is 44.7 Å². The third kappa shape index (κ3) is 4.60. The van der Waals surface area contributed by atoms with Crippen molar-refractivity contribution in [3.63, 3.8) is 0 Å². The second-order valence-electron chi connectivity index (χ2n) is 7.75. The van der Waals surface area contributed by atoms with Crippen LogP contribution >= 0.6 is 0 Å². The predicted octanol–water partition coefficient (Wildman–Crippen LogP) is 0.569. The predicted molar refractivity (Wildman–Crippen MR) is 95.3 cm³/mol. The highest BCUT2D eigenvalue weighted by Gasteiger charge is 2.37. The molecule has 8 nitrogen and oxygen atoms in total. The molecule has 0 aliphatic carbocycles. The second kappa shape index (κ2) is 8.16. The average molecular weight is 363 g/mol. The Hall–Kier alpha value is -1.96. The minimum Gasteiger partial charge on any atom is -0.342 e. The van der Waals surface area contributed by atoms with Crippen LogP contribution in [0.5, 0.6) is 0 Å². The monoisotopic (exact) mass is 363 g/mol. The van der Waals surface area contributed by atoms with E-state index in [4.69, 9.17) is 4.52 Å². The van der Waals surface area contributed by atoms with Crippen LogP contribution in [-0.2, 0) is 16.0 Å². The Morgan fingerprint density at radius 3 is 2.65 bits per heavy atom. The summed E-state index contributed by atoms with van der Waals surface area (Å²) in [7, 11) is 3.98. The molecule has 2 fully saturated rings. The molecule has 0 radical (unpaired) electrons. The van der Waals surface area contributed by atoms with Crippen molar-refractivity contribution in [2.45, 2.75) is 32.6 Å². The van der Waals surface area contributed by atoms with E-state index in [1.54, 1.807) is 6.92 Å². The molecular formula is C18H29N5O3. The van der Waals surface area contributed by atoms with Crippen LogP contribution in [0.3, 0.4) is 0 Å². The number of hydrogen-bond acceptors (Lipinski definition) is 6. The van der Waals surface area contributed by atoms with Gasteiger partial charge in [-0.25, -0.2) is 0 Å². The number of carbonyl (C=O) groups excluding carboxylic acids is 2. The first kappa shape index (κ1) is 18.8. The van der Waals surface area contributed by atoms with E-state index < -0.39 is 0 Å². The molecule has 2 saturated heterocycles. The number of likely N-dealkylation sites (tertiary alicyclic amines) is 2. The van der Waals surface area contributed by atoms with E-state index in [0.29, 0.717) is 31.3 Å². The van der Waals surface area contributed by atoms with Gasteiger partial charge in [0.15, 0.2) is 5.82 Å². The first-order chi connectivity index (χ1) is 12.4. The van der Waals surface area contributed by atoms with Crippen LogP contribution in [-0.4, -0.2) is 83.5 Å². The molecule has 1 atom stereocenters. The summed E-state index contributed by atoms with van der Waals surface area (Å²) < 4.78 is 5.02. The number of hydrogen-bond donors (Lipinski definition) is 0. The van der Waals surface area contributed by atoms with Crippen LogP contribution in [0.25, 0.3) is 0 Å². The first-order valence-corrected chi connectivity index (χ1v) is 9.43. The van der Waals surface area contributed by atoms with E-state index in [2.05, 4.69) is 15.0 Å². The maximum Gasteiger partial charge on any atom is 0.227 e. The number of carbonyl (C=O) groups is 2. The zero-order valence-corrected chi connectivity index (χ0v) is 16.0. The quantitative estimate of drug-likeness (QED) is 0.735. The van der Waals surface area contributed by atoms with E-state index in [-0.39, 0.29) is 17.7 Å². The Labute approximate surface area is 154 Å². The van der Waals surface area contributed by atoms with Gasteiger partial charge in [0, 0.05) is 52.5 Å². The van der Waals surface area contributed by atoms with Crippen molar-refractivity contribution in [2.24, 2.45) is 11.8 Å². The topological polar surface area (TPSA) is 82.8 Å². The van der Waals surface area contributed by atoms with Gasteiger partial charge in [0.25, 0.3) is 0 Å². The summed E-state index contributed by atoms with van der Waals surface area (Å²) in [5.41, 5.74) is 0. The van der Waals surface area contributed by atoms with Gasteiger partial charge in [-0.1, -0.05) is 5.16 Å². The largest absolute Gasteiger partial charge is 0.342 e. The molecule has 26 heavy (non-hydrogen) atoms. The molecule has 2 amide bonds. The van der Waals surface area contributed by atoms with Crippen LogP contribution in [0.4, 0.5) is 0 Å². The number of likely N-dealkylation sites (N-methyl/N-ethyl adjacent to an activating group) is 1. The van der Waals surface area contributed by atoms with Crippen LogP contribution in [0.1, 0.15) is 31.0 Å². The molecule has 0 bridgehead atoms. The fourth-order valence-electron chi connectivity index (χ4n) is 3.77. The lowest BCUT2D eigenvalue weighted by molar-refractivity contribution is -0.137. The Kier molecular flexibility index (Phi) is 5.90. The molecule has 0 spiro atoms. The molecule has 3 rings (SSSR count). The Morgan fingerprint density at radius 1 is 1.31 bits per heavy atom. The normalized spacial score (nSPS) is 21.8. The van der Waals surface area contributed by atoms with Crippen LogP contribution < -0.4 is 0 Å². The molecule has 3 heterocycles. The van der Waals surface area contributed by atoms with Crippen molar-refractivity contribution in [1.29, 1.82) is 0 Å². The number of aryl methyl sites for hydroxylation is 1. The van der Waals surface area contributed by atoms with Crippen molar-refractivity contribution in [3.8, 4) is 0 Å². The summed E-state index contributed by atoms with van der Waals surface area (Å²) >= 11 is 0. The zero-order valence-electron chi connectivity index (χ0n) is 16.0. The van der Waals surface area contributed by atoms with Gasteiger partial charge in [0.2, 0.25) is 17.7 Å². The van der Waals surface area contributed by atoms with E-state index in [1.807, 2.05) is 23.9 Å². The molecule has 0 aromatic carbocycles. The number of nitrogens with zero attached hydrogens (tertiary/aromatic N) is 5. The van der Waals surface area contributed by atoms with Gasteiger partial charge in [-0.05, 0) is 32.9 Å². The van der Waals surface area contributed by atoms with E-state index >= 15 is 0 Å². The maximum absolute atomic E-state index is 12.8. The summed E-state index contributed by atoms with van der Waals surface area (Å²) in [5.74, 6) is 1.90. The van der Waals surface area contributed by atoms with E-state index in [1.165, 1.54) is 0 Å².